The summed E-state index contributed by atoms with van der Waals surface area (Å²) in [4.78, 5) is 0. The second-order valence-electron chi connectivity index (χ2n) is 5.31. The molecule has 1 fully saturated rings. The lowest BCUT2D eigenvalue weighted by Gasteiger charge is -2.27. The fraction of sp³-hybridized carbons (Fsp3) is 0.500. The lowest BCUT2D eigenvalue weighted by molar-refractivity contribution is 0.0731. The van der Waals surface area contributed by atoms with E-state index in [1.807, 2.05) is 18.2 Å². The summed E-state index contributed by atoms with van der Waals surface area (Å²) >= 11 is 0. The molecule has 0 saturated carbocycles. The van der Waals surface area contributed by atoms with Crippen molar-refractivity contribution in [3.8, 4) is 5.69 Å². The number of hydrogen-bond acceptors (Lipinski definition) is 6. The third kappa shape index (κ3) is 3.77. The van der Waals surface area contributed by atoms with E-state index >= 15 is 0 Å². The van der Waals surface area contributed by atoms with Gasteiger partial charge < -0.3 is 15.4 Å². The molecule has 0 aliphatic carbocycles. The molecule has 0 spiro atoms. The Morgan fingerprint density at radius 1 is 1.52 bits per heavy atom. The molecule has 1 saturated heterocycles. The van der Waals surface area contributed by atoms with E-state index in [-0.39, 0.29) is 0 Å². The molecule has 3 rings (SSSR count). The van der Waals surface area contributed by atoms with Crippen molar-refractivity contribution in [2.75, 3.05) is 25.1 Å². The fourth-order valence-corrected chi connectivity index (χ4v) is 2.56. The quantitative estimate of drug-likeness (QED) is 0.849. The summed E-state index contributed by atoms with van der Waals surface area (Å²) in [5, 5.41) is 18.2. The van der Waals surface area contributed by atoms with Crippen LogP contribution in [0.3, 0.4) is 0 Å². The molecule has 2 N–H and O–H groups in total. The van der Waals surface area contributed by atoms with Gasteiger partial charge in [-0.1, -0.05) is 6.07 Å². The summed E-state index contributed by atoms with van der Waals surface area (Å²) in [6, 6.07) is 8.83. The Labute approximate surface area is 123 Å². The Kier molecular flexibility index (Phi) is 4.42. The Balaban J connectivity index is 1.60. The minimum absolute atomic E-state index is 0.355. The van der Waals surface area contributed by atoms with E-state index in [9.17, 15) is 0 Å². The maximum Gasteiger partial charge on any atom is 0.143 e. The van der Waals surface area contributed by atoms with Crippen LogP contribution in [0.4, 0.5) is 5.69 Å². The van der Waals surface area contributed by atoms with E-state index in [0.29, 0.717) is 12.1 Å². The number of nitrogens with one attached hydrogen (secondary N) is 2. The fourth-order valence-electron chi connectivity index (χ4n) is 2.56. The topological polar surface area (TPSA) is 76.9 Å². The molecule has 2 unspecified atom stereocenters. The Hall–Kier alpha value is -1.99. The first kappa shape index (κ1) is 14.0. The molecule has 1 aromatic heterocycles. The summed E-state index contributed by atoms with van der Waals surface area (Å²) in [6.07, 6.45) is 2.61. The molecule has 1 aliphatic rings. The first-order valence-electron chi connectivity index (χ1n) is 7.22. The highest BCUT2D eigenvalue weighted by atomic mass is 16.5. The molecule has 0 radical (unpaired) electrons. The van der Waals surface area contributed by atoms with Crippen LogP contribution in [0.5, 0.6) is 0 Å². The van der Waals surface area contributed by atoms with E-state index < -0.39 is 0 Å². The summed E-state index contributed by atoms with van der Waals surface area (Å²) in [5.41, 5.74) is 2.00. The van der Waals surface area contributed by atoms with Gasteiger partial charge in [-0.05, 0) is 42.0 Å². The number of tetrazole rings is 1. The summed E-state index contributed by atoms with van der Waals surface area (Å²) in [7, 11) is 0. The van der Waals surface area contributed by atoms with E-state index in [1.54, 1.807) is 11.0 Å². The number of anilines is 1. The van der Waals surface area contributed by atoms with Crippen LogP contribution >= 0.6 is 0 Å². The maximum atomic E-state index is 5.49. The molecule has 7 heteroatoms. The van der Waals surface area contributed by atoms with Gasteiger partial charge in [-0.15, -0.1) is 5.10 Å². The third-order valence-corrected chi connectivity index (χ3v) is 3.51. The molecule has 2 heterocycles. The standard InChI is InChI=1S/C14H20N6O/c1-11(7-13-9-21-6-5-15-13)17-12-3-2-4-14(8-12)20-10-16-18-19-20/h2-4,8,10-11,13,15,17H,5-7,9H2,1H3. The highest BCUT2D eigenvalue weighted by Gasteiger charge is 2.16. The van der Waals surface area contributed by atoms with Crippen molar-refractivity contribution in [1.82, 2.24) is 25.5 Å². The molecule has 1 aromatic carbocycles. The average molecular weight is 288 g/mol. The molecule has 0 amide bonds. The zero-order valence-corrected chi connectivity index (χ0v) is 12.1. The van der Waals surface area contributed by atoms with Crippen LogP contribution in [-0.2, 0) is 4.74 Å². The van der Waals surface area contributed by atoms with Crippen molar-refractivity contribution in [3.63, 3.8) is 0 Å². The monoisotopic (exact) mass is 288 g/mol. The normalized spacial score (nSPS) is 20.1. The van der Waals surface area contributed by atoms with Gasteiger partial charge in [0.1, 0.15) is 6.33 Å². The van der Waals surface area contributed by atoms with Gasteiger partial charge in [-0.25, -0.2) is 4.68 Å². The first-order valence-corrected chi connectivity index (χ1v) is 7.22. The van der Waals surface area contributed by atoms with Gasteiger partial charge in [0.2, 0.25) is 0 Å². The highest BCUT2D eigenvalue weighted by molar-refractivity contribution is 5.51. The summed E-state index contributed by atoms with van der Waals surface area (Å²) in [5.74, 6) is 0. The van der Waals surface area contributed by atoms with Crippen LogP contribution in [-0.4, -0.2) is 52.0 Å². The highest BCUT2D eigenvalue weighted by Crippen LogP contribution is 2.16. The maximum absolute atomic E-state index is 5.49. The minimum Gasteiger partial charge on any atom is -0.382 e. The second kappa shape index (κ2) is 6.64. The minimum atomic E-state index is 0.355. The molecule has 7 nitrogen and oxygen atoms in total. The lowest BCUT2D eigenvalue weighted by Crippen LogP contribution is -2.43. The van der Waals surface area contributed by atoms with Gasteiger partial charge in [0, 0.05) is 24.3 Å². The number of aromatic nitrogens is 4. The summed E-state index contributed by atoms with van der Waals surface area (Å²) < 4.78 is 7.13. The molecule has 0 bridgehead atoms. The third-order valence-electron chi connectivity index (χ3n) is 3.51. The number of ether oxygens (including phenoxy) is 1. The molecule has 1 aliphatic heterocycles. The Bertz CT molecular complexity index is 552. The van der Waals surface area contributed by atoms with Crippen molar-refractivity contribution >= 4 is 5.69 Å². The van der Waals surface area contributed by atoms with Crippen LogP contribution in [0.15, 0.2) is 30.6 Å². The molecule has 2 aromatic rings. The first-order chi connectivity index (χ1) is 10.3. The number of hydrogen-bond donors (Lipinski definition) is 2. The van der Waals surface area contributed by atoms with Crippen LogP contribution in [0.2, 0.25) is 0 Å². The van der Waals surface area contributed by atoms with Crippen LogP contribution in [0.1, 0.15) is 13.3 Å². The SMILES string of the molecule is CC(CC1COCCN1)Nc1cccc(-n2cnnn2)c1. The largest absolute Gasteiger partial charge is 0.382 e. The smallest absolute Gasteiger partial charge is 0.143 e. The van der Waals surface area contributed by atoms with Crippen molar-refractivity contribution in [1.29, 1.82) is 0 Å². The zero-order valence-electron chi connectivity index (χ0n) is 12.1. The number of nitrogens with zero attached hydrogens (tertiary/aromatic N) is 4. The molecule has 21 heavy (non-hydrogen) atoms. The van der Waals surface area contributed by atoms with Gasteiger partial charge in [0.05, 0.1) is 18.9 Å². The van der Waals surface area contributed by atoms with Crippen LogP contribution in [0.25, 0.3) is 5.69 Å². The van der Waals surface area contributed by atoms with Crippen molar-refractivity contribution < 1.29 is 4.74 Å². The molecule has 2 atom stereocenters. The number of benzene rings is 1. The van der Waals surface area contributed by atoms with Crippen LogP contribution in [0, 0.1) is 0 Å². The van der Waals surface area contributed by atoms with E-state index in [4.69, 9.17) is 4.74 Å². The molecular formula is C14H20N6O. The van der Waals surface area contributed by atoms with Crippen LogP contribution < -0.4 is 10.6 Å². The van der Waals surface area contributed by atoms with Gasteiger partial charge >= 0.3 is 0 Å². The average Bonchev–Trinajstić information content (AvgIpc) is 3.02. The van der Waals surface area contributed by atoms with Gasteiger partial charge in [-0.3, -0.25) is 0 Å². The van der Waals surface area contributed by atoms with E-state index in [1.165, 1.54) is 0 Å². The van der Waals surface area contributed by atoms with Crippen molar-refractivity contribution in [3.05, 3.63) is 30.6 Å². The van der Waals surface area contributed by atoms with E-state index in [2.05, 4.69) is 39.1 Å². The van der Waals surface area contributed by atoms with Gasteiger partial charge in [0.15, 0.2) is 0 Å². The van der Waals surface area contributed by atoms with E-state index in [0.717, 1.165) is 37.6 Å². The second-order valence-corrected chi connectivity index (χ2v) is 5.31. The number of rotatable bonds is 5. The lowest BCUT2D eigenvalue weighted by atomic mass is 10.1. The Morgan fingerprint density at radius 2 is 2.48 bits per heavy atom. The van der Waals surface area contributed by atoms with Gasteiger partial charge in [0.25, 0.3) is 0 Å². The predicted molar refractivity (Wildman–Crippen MR) is 79.5 cm³/mol. The predicted octanol–water partition coefficient (Wildman–Crippen LogP) is 0.841. The number of morpholine rings is 1. The van der Waals surface area contributed by atoms with Crippen molar-refractivity contribution in [2.24, 2.45) is 0 Å². The summed E-state index contributed by atoms with van der Waals surface area (Å²) in [6.45, 7) is 4.72. The Morgan fingerprint density at radius 3 is 3.24 bits per heavy atom. The van der Waals surface area contributed by atoms with Gasteiger partial charge in [-0.2, -0.15) is 0 Å². The molecular weight excluding hydrogens is 268 g/mol. The molecule has 112 valence electrons. The zero-order chi connectivity index (χ0) is 14.5. The van der Waals surface area contributed by atoms with Crippen molar-refractivity contribution in [2.45, 2.75) is 25.4 Å².